The Labute approximate surface area is 128 Å². The Morgan fingerprint density at radius 1 is 1.32 bits per heavy atom. The van der Waals surface area contributed by atoms with E-state index < -0.39 is 11.7 Å². The maximum atomic E-state index is 11.8. The van der Waals surface area contributed by atoms with E-state index in [1.807, 2.05) is 0 Å². The van der Waals surface area contributed by atoms with E-state index in [1.54, 1.807) is 39.0 Å². The van der Waals surface area contributed by atoms with Gasteiger partial charge in [0.25, 0.3) is 0 Å². The van der Waals surface area contributed by atoms with Crippen LogP contribution in [0.4, 0.5) is 10.5 Å². The molecule has 1 amide bonds. The van der Waals surface area contributed by atoms with E-state index >= 15 is 0 Å². The zero-order valence-corrected chi connectivity index (χ0v) is 12.9. The first kappa shape index (κ1) is 15.6. The number of benzene rings is 1. The van der Waals surface area contributed by atoms with E-state index in [1.165, 1.54) is 17.7 Å². The van der Waals surface area contributed by atoms with E-state index in [-0.39, 0.29) is 5.91 Å². The minimum atomic E-state index is -0.595. The van der Waals surface area contributed by atoms with Crippen molar-refractivity contribution in [2.75, 3.05) is 5.32 Å². The van der Waals surface area contributed by atoms with Gasteiger partial charge in [0.05, 0.1) is 11.1 Å². The van der Waals surface area contributed by atoms with Crippen molar-refractivity contribution in [3.63, 3.8) is 0 Å². The van der Waals surface area contributed by atoms with E-state index in [0.717, 1.165) is 0 Å². The van der Waals surface area contributed by atoms with E-state index in [0.29, 0.717) is 22.2 Å². The first-order chi connectivity index (χ1) is 10.2. The number of ether oxygens (including phenoxy) is 1. The number of carbonyl (C=O) groups is 2. The summed E-state index contributed by atoms with van der Waals surface area (Å²) < 4.78 is 6.56. The van der Waals surface area contributed by atoms with Crippen molar-refractivity contribution >= 4 is 28.6 Å². The van der Waals surface area contributed by atoms with E-state index in [9.17, 15) is 9.59 Å². The Morgan fingerprint density at radius 2 is 2.00 bits per heavy atom. The molecule has 114 valence electrons. The molecule has 6 nitrogen and oxygen atoms in total. The average molecular weight is 299 g/mol. The smallest absolute Gasteiger partial charge is 0.412 e. The van der Waals surface area contributed by atoms with Crippen LogP contribution in [0.25, 0.3) is 10.9 Å². The minimum absolute atomic E-state index is 0.207. The summed E-state index contributed by atoms with van der Waals surface area (Å²) in [6.07, 6.45) is 0.915. The van der Waals surface area contributed by atoms with Crippen LogP contribution in [0.1, 0.15) is 38.1 Å². The van der Waals surface area contributed by atoms with Gasteiger partial charge in [-0.2, -0.15) is 5.26 Å². The number of hydrogen-bond acceptors (Lipinski definition) is 4. The number of anilines is 1. The predicted molar refractivity (Wildman–Crippen MR) is 82.8 cm³/mol. The van der Waals surface area contributed by atoms with Gasteiger partial charge in [0.2, 0.25) is 5.91 Å². The van der Waals surface area contributed by atoms with Gasteiger partial charge in [0.1, 0.15) is 11.7 Å². The van der Waals surface area contributed by atoms with Crippen LogP contribution in [-0.2, 0) is 4.74 Å². The van der Waals surface area contributed by atoms with E-state index in [2.05, 4.69) is 11.4 Å². The molecular formula is C16H17N3O3. The number of nitriles is 1. The molecule has 2 rings (SSSR count). The molecule has 1 aromatic carbocycles. The standard InChI is InChI=1S/C16H17N3O3/c1-10(20)19-9-11(8-17)13-6-5-12(7-14(13)19)18-15(21)22-16(2,3)4/h5-7,9H,1-4H3,(H,18,21). The summed E-state index contributed by atoms with van der Waals surface area (Å²) in [4.78, 5) is 23.4. The van der Waals surface area contributed by atoms with Gasteiger partial charge in [-0.05, 0) is 39.0 Å². The van der Waals surface area contributed by atoms with Crippen molar-refractivity contribution in [1.29, 1.82) is 5.26 Å². The van der Waals surface area contributed by atoms with Crippen molar-refractivity contribution in [2.24, 2.45) is 0 Å². The highest BCUT2D eigenvalue weighted by Gasteiger charge is 2.17. The summed E-state index contributed by atoms with van der Waals surface area (Å²) in [5.74, 6) is -0.207. The molecule has 0 radical (unpaired) electrons. The maximum absolute atomic E-state index is 11.8. The van der Waals surface area contributed by atoms with Gasteiger partial charge in [-0.15, -0.1) is 0 Å². The fraction of sp³-hybridized carbons (Fsp3) is 0.312. The third kappa shape index (κ3) is 3.26. The third-order valence-corrected chi connectivity index (χ3v) is 2.91. The van der Waals surface area contributed by atoms with Gasteiger partial charge in [0.15, 0.2) is 0 Å². The lowest BCUT2D eigenvalue weighted by molar-refractivity contribution is 0.0635. The topological polar surface area (TPSA) is 84.1 Å². The number of rotatable bonds is 1. The highest BCUT2D eigenvalue weighted by Crippen LogP contribution is 2.24. The molecule has 1 N–H and O–H groups in total. The Balaban J connectivity index is 2.38. The Bertz CT molecular complexity index is 791. The summed E-state index contributed by atoms with van der Waals surface area (Å²) in [5.41, 5.74) is 0.875. The summed E-state index contributed by atoms with van der Waals surface area (Å²) in [6, 6.07) is 7.05. The number of carbonyl (C=O) groups excluding carboxylic acids is 2. The van der Waals surface area contributed by atoms with Gasteiger partial charge < -0.3 is 4.74 Å². The molecule has 0 spiro atoms. The zero-order chi connectivity index (χ0) is 16.5. The zero-order valence-electron chi connectivity index (χ0n) is 12.9. The number of amides is 1. The number of nitrogens with one attached hydrogen (secondary N) is 1. The van der Waals surface area contributed by atoms with E-state index in [4.69, 9.17) is 10.00 Å². The van der Waals surface area contributed by atoms with Crippen LogP contribution in [-0.4, -0.2) is 22.2 Å². The molecule has 22 heavy (non-hydrogen) atoms. The molecule has 6 heteroatoms. The maximum Gasteiger partial charge on any atom is 0.412 e. The Kier molecular flexibility index (Phi) is 3.91. The van der Waals surface area contributed by atoms with Crippen LogP contribution < -0.4 is 5.32 Å². The molecule has 2 aromatic rings. The lowest BCUT2D eigenvalue weighted by Gasteiger charge is -2.19. The first-order valence-corrected chi connectivity index (χ1v) is 6.77. The fourth-order valence-corrected chi connectivity index (χ4v) is 2.08. The molecule has 0 aliphatic carbocycles. The number of aromatic nitrogens is 1. The fourth-order valence-electron chi connectivity index (χ4n) is 2.08. The number of hydrogen-bond donors (Lipinski definition) is 1. The van der Waals surface area contributed by atoms with Crippen molar-refractivity contribution in [3.8, 4) is 6.07 Å². The van der Waals surface area contributed by atoms with Crippen molar-refractivity contribution < 1.29 is 14.3 Å². The second kappa shape index (κ2) is 5.53. The molecule has 0 saturated carbocycles. The highest BCUT2D eigenvalue weighted by molar-refractivity contribution is 5.98. The lowest BCUT2D eigenvalue weighted by atomic mass is 10.2. The van der Waals surface area contributed by atoms with Gasteiger partial charge >= 0.3 is 6.09 Å². The van der Waals surface area contributed by atoms with Crippen molar-refractivity contribution in [1.82, 2.24) is 4.57 Å². The first-order valence-electron chi connectivity index (χ1n) is 6.77. The SMILES string of the molecule is CC(=O)n1cc(C#N)c2ccc(NC(=O)OC(C)(C)C)cc21. The van der Waals surface area contributed by atoms with Crippen molar-refractivity contribution in [3.05, 3.63) is 30.0 Å². The monoisotopic (exact) mass is 299 g/mol. The molecule has 1 heterocycles. The lowest BCUT2D eigenvalue weighted by Crippen LogP contribution is -2.27. The average Bonchev–Trinajstić information content (AvgIpc) is 2.74. The minimum Gasteiger partial charge on any atom is -0.444 e. The molecule has 0 unspecified atom stereocenters. The molecule has 0 bridgehead atoms. The van der Waals surface area contributed by atoms with Crippen LogP contribution >= 0.6 is 0 Å². The molecule has 0 saturated heterocycles. The van der Waals surface area contributed by atoms with Crippen LogP contribution in [0.3, 0.4) is 0 Å². The molecule has 0 aliphatic heterocycles. The second-order valence-corrected chi connectivity index (χ2v) is 5.90. The van der Waals surface area contributed by atoms with Gasteiger partial charge in [-0.25, -0.2) is 4.79 Å². The van der Waals surface area contributed by atoms with Crippen LogP contribution in [0.2, 0.25) is 0 Å². The summed E-state index contributed by atoms with van der Waals surface area (Å²) in [5, 5.41) is 12.4. The molecular weight excluding hydrogens is 282 g/mol. The predicted octanol–water partition coefficient (Wildman–Crippen LogP) is 3.52. The van der Waals surface area contributed by atoms with Crippen LogP contribution in [0.5, 0.6) is 0 Å². The molecule has 0 fully saturated rings. The number of nitrogens with zero attached hydrogens (tertiary/aromatic N) is 2. The normalized spacial score (nSPS) is 11.0. The molecule has 0 atom stereocenters. The summed E-state index contributed by atoms with van der Waals surface area (Å²) in [7, 11) is 0. The summed E-state index contributed by atoms with van der Waals surface area (Å²) in [6.45, 7) is 6.73. The molecule has 1 aromatic heterocycles. The van der Waals surface area contributed by atoms with Gasteiger partial charge in [-0.3, -0.25) is 14.7 Å². The Morgan fingerprint density at radius 3 is 2.55 bits per heavy atom. The largest absolute Gasteiger partial charge is 0.444 e. The second-order valence-electron chi connectivity index (χ2n) is 5.90. The quantitative estimate of drug-likeness (QED) is 0.873. The highest BCUT2D eigenvalue weighted by atomic mass is 16.6. The van der Waals surface area contributed by atoms with Crippen LogP contribution in [0, 0.1) is 11.3 Å². The van der Waals surface area contributed by atoms with Gasteiger partial charge in [-0.1, -0.05) is 0 Å². The third-order valence-electron chi connectivity index (χ3n) is 2.91. The van der Waals surface area contributed by atoms with Crippen molar-refractivity contribution in [2.45, 2.75) is 33.3 Å². The van der Waals surface area contributed by atoms with Gasteiger partial charge in [0, 0.05) is 24.2 Å². The Hall–Kier alpha value is -2.81. The molecule has 0 aliphatic rings. The summed E-state index contributed by atoms with van der Waals surface area (Å²) >= 11 is 0. The number of fused-ring (bicyclic) bond motifs is 1. The van der Waals surface area contributed by atoms with Crippen LogP contribution in [0.15, 0.2) is 24.4 Å².